The lowest BCUT2D eigenvalue weighted by atomic mass is 9.57. The predicted molar refractivity (Wildman–Crippen MR) is 126 cm³/mol. The number of hydrogen-bond acceptors (Lipinski definition) is 5. The molecule has 2 aromatic carbocycles. The van der Waals surface area contributed by atoms with Crippen molar-refractivity contribution in [2.24, 2.45) is 5.41 Å². The van der Waals surface area contributed by atoms with Crippen molar-refractivity contribution in [1.29, 1.82) is 0 Å². The van der Waals surface area contributed by atoms with Crippen molar-refractivity contribution in [1.82, 2.24) is 19.7 Å². The fourth-order valence-corrected chi connectivity index (χ4v) is 6.19. The van der Waals surface area contributed by atoms with E-state index < -0.39 is 24.4 Å². The van der Waals surface area contributed by atoms with E-state index in [-0.39, 0.29) is 30.2 Å². The Labute approximate surface area is 214 Å². The third-order valence-corrected chi connectivity index (χ3v) is 7.77. The smallest absolute Gasteiger partial charge is 0.401 e. The molecule has 2 fully saturated rings. The topological polar surface area (TPSA) is 46.4 Å². The summed E-state index contributed by atoms with van der Waals surface area (Å²) in [6.07, 6.45) is -2.77. The van der Waals surface area contributed by atoms with Crippen LogP contribution in [0.25, 0.3) is 5.69 Å². The van der Waals surface area contributed by atoms with Crippen LogP contribution < -0.4 is 9.64 Å². The van der Waals surface area contributed by atoms with Gasteiger partial charge in [-0.3, -0.25) is 9.47 Å². The molecule has 1 spiro atoms. The van der Waals surface area contributed by atoms with Crippen molar-refractivity contribution < 1.29 is 26.7 Å². The molecule has 3 aliphatic rings. The number of ether oxygens (including phenoxy) is 1. The van der Waals surface area contributed by atoms with Crippen LogP contribution in [0, 0.1) is 17.0 Å². The standard InChI is InChI=1S/C25H23ClF5N5O/c1-37-21-6-20(17(27)5-18(21)28)35-11-24(12-35)7-15(8-24)23-33-32-22-10-34(13-25(29,30)31)9-14-4-16(26)2-3-19(14)36(22)23/h2-6,15H,7-13H2,1H3. The van der Waals surface area contributed by atoms with Gasteiger partial charge in [0.05, 0.1) is 31.6 Å². The van der Waals surface area contributed by atoms with Crippen LogP contribution in [0.4, 0.5) is 27.6 Å². The van der Waals surface area contributed by atoms with E-state index in [4.69, 9.17) is 16.3 Å². The third kappa shape index (κ3) is 4.31. The molecule has 1 aromatic heterocycles. The van der Waals surface area contributed by atoms with Crippen LogP contribution in [0.15, 0.2) is 30.3 Å². The molecule has 0 amide bonds. The van der Waals surface area contributed by atoms with Crippen LogP contribution >= 0.6 is 11.6 Å². The number of rotatable bonds is 4. The molecular weight excluding hydrogens is 517 g/mol. The highest BCUT2D eigenvalue weighted by molar-refractivity contribution is 6.30. The fraction of sp³-hybridized carbons (Fsp3) is 0.440. The molecule has 6 rings (SSSR count). The Morgan fingerprint density at radius 2 is 1.78 bits per heavy atom. The summed E-state index contributed by atoms with van der Waals surface area (Å²) in [4.78, 5) is 3.16. The van der Waals surface area contributed by atoms with Gasteiger partial charge in [0.2, 0.25) is 0 Å². The Hall–Kier alpha value is -2.92. The highest BCUT2D eigenvalue weighted by Gasteiger charge is 2.54. The van der Waals surface area contributed by atoms with Gasteiger partial charge >= 0.3 is 6.18 Å². The summed E-state index contributed by atoms with van der Waals surface area (Å²) in [6.45, 7) is 0.266. The second kappa shape index (κ2) is 8.56. The van der Waals surface area contributed by atoms with Crippen molar-refractivity contribution in [3.05, 3.63) is 64.2 Å². The van der Waals surface area contributed by atoms with Gasteiger partial charge in [-0.25, -0.2) is 8.78 Å². The Morgan fingerprint density at radius 1 is 1.03 bits per heavy atom. The van der Waals surface area contributed by atoms with Gasteiger partial charge in [-0.05, 0) is 36.6 Å². The van der Waals surface area contributed by atoms with Crippen LogP contribution in [-0.4, -0.2) is 52.6 Å². The third-order valence-electron chi connectivity index (χ3n) is 7.54. The van der Waals surface area contributed by atoms with Crippen LogP contribution in [-0.2, 0) is 13.1 Å². The first-order valence-corrected chi connectivity index (χ1v) is 12.2. The number of alkyl halides is 3. The molecule has 1 saturated heterocycles. The molecule has 0 atom stereocenters. The van der Waals surface area contributed by atoms with Crippen LogP contribution in [0.3, 0.4) is 0 Å². The number of hydrogen-bond donors (Lipinski definition) is 0. The van der Waals surface area contributed by atoms with Gasteiger partial charge in [-0.2, -0.15) is 13.2 Å². The Kier molecular flexibility index (Phi) is 5.65. The average molecular weight is 540 g/mol. The Balaban J connectivity index is 1.23. The van der Waals surface area contributed by atoms with Crippen LogP contribution in [0.1, 0.15) is 36.0 Å². The van der Waals surface area contributed by atoms with E-state index in [1.165, 1.54) is 18.1 Å². The summed E-state index contributed by atoms with van der Waals surface area (Å²) >= 11 is 6.18. The lowest BCUT2D eigenvalue weighted by Crippen LogP contribution is -2.62. The molecule has 0 bridgehead atoms. The number of methoxy groups -OCH3 is 1. The minimum absolute atomic E-state index is 0.00618. The van der Waals surface area contributed by atoms with Crippen LogP contribution in [0.5, 0.6) is 5.75 Å². The van der Waals surface area contributed by atoms with Crippen molar-refractivity contribution in [2.75, 3.05) is 31.6 Å². The van der Waals surface area contributed by atoms with Crippen molar-refractivity contribution in [2.45, 2.75) is 38.0 Å². The minimum Gasteiger partial charge on any atom is -0.494 e. The van der Waals surface area contributed by atoms with Gasteiger partial charge in [0.1, 0.15) is 11.6 Å². The normalized spacial score (nSPS) is 19.2. The Morgan fingerprint density at radius 3 is 2.49 bits per heavy atom. The second-order valence-electron chi connectivity index (χ2n) is 10.2. The van der Waals surface area contributed by atoms with E-state index >= 15 is 0 Å². The average Bonchev–Trinajstić information content (AvgIpc) is 3.08. The van der Waals surface area contributed by atoms with E-state index in [9.17, 15) is 22.0 Å². The Bertz CT molecular complexity index is 1360. The highest BCUT2D eigenvalue weighted by Crippen LogP contribution is 2.57. The fourth-order valence-electron chi connectivity index (χ4n) is 6.00. The van der Waals surface area contributed by atoms with Gasteiger partial charge in [-0.1, -0.05) is 11.6 Å². The number of nitrogens with zero attached hydrogens (tertiary/aromatic N) is 5. The monoisotopic (exact) mass is 539 g/mol. The van der Waals surface area contributed by atoms with Crippen molar-refractivity contribution in [3.63, 3.8) is 0 Å². The lowest BCUT2D eigenvalue weighted by molar-refractivity contribution is -0.148. The summed E-state index contributed by atoms with van der Waals surface area (Å²) in [5.74, 6) is -0.152. The van der Waals surface area contributed by atoms with Gasteiger partial charge in [0.25, 0.3) is 0 Å². The molecule has 0 unspecified atom stereocenters. The summed E-state index contributed by atoms with van der Waals surface area (Å²) < 4.78 is 74.7. The van der Waals surface area contributed by atoms with Crippen molar-refractivity contribution >= 4 is 17.3 Å². The first-order valence-electron chi connectivity index (χ1n) is 11.8. The molecule has 3 aromatic rings. The maximum Gasteiger partial charge on any atom is 0.401 e. The number of fused-ring (bicyclic) bond motifs is 3. The molecule has 0 N–H and O–H groups in total. The molecule has 196 valence electrons. The first-order chi connectivity index (χ1) is 17.5. The van der Waals surface area contributed by atoms with Crippen molar-refractivity contribution in [3.8, 4) is 11.4 Å². The summed E-state index contributed by atoms with van der Waals surface area (Å²) in [5, 5.41) is 9.13. The number of benzene rings is 2. The van der Waals surface area contributed by atoms with Gasteiger partial charge in [-0.15, -0.1) is 10.2 Å². The predicted octanol–water partition coefficient (Wildman–Crippen LogP) is 5.47. The summed E-state index contributed by atoms with van der Waals surface area (Å²) in [5.41, 5.74) is 1.70. The molecule has 2 aliphatic heterocycles. The number of halogens is 6. The number of aromatic nitrogens is 3. The quantitative estimate of drug-likeness (QED) is 0.412. The minimum atomic E-state index is -4.35. The maximum absolute atomic E-state index is 14.4. The highest BCUT2D eigenvalue weighted by atomic mass is 35.5. The lowest BCUT2D eigenvalue weighted by Gasteiger charge is -2.59. The second-order valence-corrected chi connectivity index (χ2v) is 10.7. The SMILES string of the molecule is COc1cc(N2CC3(CC(c4nnc5n4-c4ccc(Cl)cc4CN(CC(F)(F)F)C5)C3)C2)c(F)cc1F. The maximum atomic E-state index is 14.4. The zero-order valence-electron chi connectivity index (χ0n) is 19.8. The molecule has 0 radical (unpaired) electrons. The van der Waals surface area contributed by atoms with E-state index in [0.717, 1.165) is 24.6 Å². The van der Waals surface area contributed by atoms with E-state index in [1.54, 1.807) is 18.2 Å². The first kappa shape index (κ1) is 24.4. The summed E-state index contributed by atoms with van der Waals surface area (Å²) in [7, 11) is 1.34. The molecule has 1 saturated carbocycles. The van der Waals surface area contributed by atoms with Crippen LogP contribution in [0.2, 0.25) is 5.02 Å². The molecule has 3 heterocycles. The van der Waals surface area contributed by atoms with E-state index in [0.29, 0.717) is 41.0 Å². The van der Waals surface area contributed by atoms with E-state index in [1.807, 2.05) is 9.47 Å². The van der Waals surface area contributed by atoms with Gasteiger partial charge in [0, 0.05) is 48.1 Å². The number of anilines is 1. The molecule has 37 heavy (non-hydrogen) atoms. The molecule has 1 aliphatic carbocycles. The summed E-state index contributed by atoms with van der Waals surface area (Å²) in [6, 6.07) is 7.41. The largest absolute Gasteiger partial charge is 0.494 e. The van der Waals surface area contributed by atoms with E-state index in [2.05, 4.69) is 10.2 Å². The van der Waals surface area contributed by atoms with Gasteiger partial charge < -0.3 is 9.64 Å². The zero-order chi connectivity index (χ0) is 26.1. The molecule has 12 heteroatoms. The molecular formula is C25H23ClF5N5O. The molecule has 6 nitrogen and oxygen atoms in total. The zero-order valence-corrected chi connectivity index (χ0v) is 20.6. The van der Waals surface area contributed by atoms with Gasteiger partial charge in [0.15, 0.2) is 17.4 Å².